The van der Waals surface area contributed by atoms with E-state index in [2.05, 4.69) is 20.3 Å². The molecule has 1 aliphatic heterocycles. The van der Waals surface area contributed by atoms with Crippen molar-refractivity contribution in [3.63, 3.8) is 0 Å². The molecule has 0 atom stereocenters. The molecule has 1 saturated carbocycles. The fourth-order valence-electron chi connectivity index (χ4n) is 4.78. The van der Waals surface area contributed by atoms with Crippen molar-refractivity contribution in [2.75, 3.05) is 25.5 Å². The normalized spacial score (nSPS) is 17.7. The van der Waals surface area contributed by atoms with E-state index in [1.807, 2.05) is 13.0 Å². The zero-order valence-electron chi connectivity index (χ0n) is 19.9. The third kappa shape index (κ3) is 6.16. The van der Waals surface area contributed by atoms with Crippen molar-refractivity contribution >= 4 is 32.4 Å². The number of carbonyl (C=O) groups is 1. The lowest BCUT2D eigenvalue weighted by atomic mass is 10.0. The standard InChI is InChI=1S/C24H34N4O4S2/c1-16-23(33-24(26-16)27-22(29)10-7-17-5-3-4-6-17)18-8-9-20(32-2)21(15-18)34(30,31)28-19-11-13-25-14-12-19/h8-9,15,17,19,25,28H,3-7,10-14H2,1-2H3,(H,26,27,29). The zero-order valence-corrected chi connectivity index (χ0v) is 21.5. The van der Waals surface area contributed by atoms with Crippen LogP contribution in [0.15, 0.2) is 23.1 Å². The molecular formula is C24H34N4O4S2. The molecule has 2 aromatic rings. The van der Waals surface area contributed by atoms with Gasteiger partial charge in [0.25, 0.3) is 0 Å². The lowest BCUT2D eigenvalue weighted by Gasteiger charge is -2.24. The topological polar surface area (TPSA) is 109 Å². The number of hydrogen-bond acceptors (Lipinski definition) is 7. The molecule has 1 aromatic carbocycles. The first-order valence-corrected chi connectivity index (χ1v) is 14.3. The molecule has 34 heavy (non-hydrogen) atoms. The average molecular weight is 507 g/mol. The SMILES string of the molecule is COc1ccc(-c2sc(NC(=O)CCC3CCCC3)nc2C)cc1S(=O)(=O)NC1CCNCC1. The lowest BCUT2D eigenvalue weighted by molar-refractivity contribution is -0.116. The number of amides is 1. The number of sulfonamides is 1. The minimum absolute atomic E-state index is 0.0173. The van der Waals surface area contributed by atoms with Gasteiger partial charge in [0.15, 0.2) is 5.13 Å². The van der Waals surface area contributed by atoms with Crippen LogP contribution in [0.4, 0.5) is 5.13 Å². The number of anilines is 1. The molecule has 1 aromatic heterocycles. The molecule has 1 saturated heterocycles. The Hall–Kier alpha value is -2.01. The fourth-order valence-corrected chi connectivity index (χ4v) is 7.26. The molecule has 10 heteroatoms. The first-order chi connectivity index (χ1) is 16.4. The van der Waals surface area contributed by atoms with Crippen LogP contribution in [0, 0.1) is 12.8 Å². The molecule has 2 heterocycles. The summed E-state index contributed by atoms with van der Waals surface area (Å²) in [5.74, 6) is 0.946. The van der Waals surface area contributed by atoms with E-state index in [4.69, 9.17) is 4.74 Å². The lowest BCUT2D eigenvalue weighted by Crippen LogP contribution is -2.42. The van der Waals surface area contributed by atoms with E-state index in [1.54, 1.807) is 12.1 Å². The first-order valence-electron chi connectivity index (χ1n) is 12.0. The molecule has 4 rings (SSSR count). The van der Waals surface area contributed by atoms with Gasteiger partial charge in [-0.05, 0) is 69.0 Å². The Morgan fingerprint density at radius 3 is 2.65 bits per heavy atom. The van der Waals surface area contributed by atoms with Crippen molar-refractivity contribution in [1.29, 1.82) is 0 Å². The number of thiazole rings is 1. The van der Waals surface area contributed by atoms with Gasteiger partial charge in [-0.25, -0.2) is 18.1 Å². The number of ether oxygens (including phenoxy) is 1. The Labute approximate surface area is 205 Å². The van der Waals surface area contributed by atoms with Crippen LogP contribution in [-0.2, 0) is 14.8 Å². The molecule has 1 amide bonds. The fraction of sp³-hybridized carbons (Fsp3) is 0.583. The molecule has 186 valence electrons. The monoisotopic (exact) mass is 506 g/mol. The summed E-state index contributed by atoms with van der Waals surface area (Å²) in [4.78, 5) is 17.9. The first kappa shape index (κ1) is 25.1. The quantitative estimate of drug-likeness (QED) is 0.473. The number of benzene rings is 1. The predicted octanol–water partition coefficient (Wildman–Crippen LogP) is 4.07. The molecular weight excluding hydrogens is 472 g/mol. The summed E-state index contributed by atoms with van der Waals surface area (Å²) in [7, 11) is -2.29. The highest BCUT2D eigenvalue weighted by Crippen LogP contribution is 2.37. The minimum atomic E-state index is -3.76. The van der Waals surface area contributed by atoms with Gasteiger partial charge in [0.1, 0.15) is 10.6 Å². The molecule has 0 unspecified atom stereocenters. The van der Waals surface area contributed by atoms with Crippen molar-refractivity contribution in [3.05, 3.63) is 23.9 Å². The second-order valence-electron chi connectivity index (χ2n) is 9.18. The average Bonchev–Trinajstić information content (AvgIpc) is 3.47. The van der Waals surface area contributed by atoms with Gasteiger partial charge in [0.05, 0.1) is 17.7 Å². The van der Waals surface area contributed by atoms with Crippen LogP contribution in [0.3, 0.4) is 0 Å². The summed E-state index contributed by atoms with van der Waals surface area (Å²) in [6, 6.07) is 5.03. The van der Waals surface area contributed by atoms with E-state index in [0.29, 0.717) is 23.2 Å². The third-order valence-corrected chi connectivity index (χ3v) is 9.34. The van der Waals surface area contributed by atoms with Crippen LogP contribution in [0.5, 0.6) is 5.75 Å². The van der Waals surface area contributed by atoms with Crippen LogP contribution < -0.4 is 20.1 Å². The summed E-state index contributed by atoms with van der Waals surface area (Å²) in [6.07, 6.45) is 7.92. The second-order valence-corrected chi connectivity index (χ2v) is 11.9. The molecule has 0 spiro atoms. The second kappa shape index (κ2) is 11.2. The van der Waals surface area contributed by atoms with Gasteiger partial charge < -0.3 is 15.4 Å². The van der Waals surface area contributed by atoms with Gasteiger partial charge in [0, 0.05) is 12.5 Å². The number of aromatic nitrogens is 1. The summed E-state index contributed by atoms with van der Waals surface area (Å²) in [5, 5.41) is 6.71. The Morgan fingerprint density at radius 1 is 1.21 bits per heavy atom. The van der Waals surface area contributed by atoms with Gasteiger partial charge in [-0.15, -0.1) is 0 Å². The minimum Gasteiger partial charge on any atom is -0.495 e. The number of methoxy groups -OCH3 is 1. The Kier molecular flexibility index (Phi) is 8.23. The Bertz CT molecular complexity index is 1100. The third-order valence-electron chi connectivity index (χ3n) is 6.67. The maximum absolute atomic E-state index is 13.2. The van der Waals surface area contributed by atoms with Crippen LogP contribution >= 0.6 is 11.3 Å². The van der Waals surface area contributed by atoms with E-state index in [0.717, 1.165) is 48.5 Å². The number of piperidine rings is 1. The molecule has 3 N–H and O–H groups in total. The van der Waals surface area contributed by atoms with Crippen LogP contribution in [0.2, 0.25) is 0 Å². The van der Waals surface area contributed by atoms with E-state index in [-0.39, 0.29) is 16.8 Å². The summed E-state index contributed by atoms with van der Waals surface area (Å²) in [5.41, 5.74) is 1.48. The number of rotatable bonds is 9. The van der Waals surface area contributed by atoms with Crippen molar-refractivity contribution < 1.29 is 17.9 Å². The van der Waals surface area contributed by atoms with Crippen LogP contribution in [0.1, 0.15) is 57.1 Å². The Balaban J connectivity index is 1.50. The highest BCUT2D eigenvalue weighted by atomic mass is 32.2. The van der Waals surface area contributed by atoms with Crippen LogP contribution in [-0.4, -0.2) is 45.6 Å². The van der Waals surface area contributed by atoms with Crippen molar-refractivity contribution in [1.82, 2.24) is 15.0 Å². The summed E-state index contributed by atoms with van der Waals surface area (Å²) < 4.78 is 34.6. The number of nitrogens with zero attached hydrogens (tertiary/aromatic N) is 1. The zero-order chi connectivity index (χ0) is 24.1. The molecule has 0 bridgehead atoms. The number of hydrogen-bond donors (Lipinski definition) is 3. The van der Waals surface area contributed by atoms with E-state index in [1.165, 1.54) is 44.1 Å². The summed E-state index contributed by atoms with van der Waals surface area (Å²) in [6.45, 7) is 3.45. The maximum Gasteiger partial charge on any atom is 0.244 e. The van der Waals surface area contributed by atoms with Gasteiger partial charge >= 0.3 is 0 Å². The smallest absolute Gasteiger partial charge is 0.244 e. The van der Waals surface area contributed by atoms with E-state index in [9.17, 15) is 13.2 Å². The van der Waals surface area contributed by atoms with Crippen LogP contribution in [0.25, 0.3) is 10.4 Å². The maximum atomic E-state index is 13.2. The van der Waals surface area contributed by atoms with Gasteiger partial charge in [-0.3, -0.25) is 4.79 Å². The predicted molar refractivity (Wildman–Crippen MR) is 135 cm³/mol. The molecule has 0 radical (unpaired) electrons. The number of aryl methyl sites for hydroxylation is 1. The summed E-state index contributed by atoms with van der Waals surface area (Å²) >= 11 is 1.36. The largest absolute Gasteiger partial charge is 0.495 e. The van der Waals surface area contributed by atoms with Gasteiger partial charge in [-0.1, -0.05) is 37.0 Å². The highest BCUT2D eigenvalue weighted by Gasteiger charge is 2.26. The molecule has 2 aliphatic rings. The highest BCUT2D eigenvalue weighted by molar-refractivity contribution is 7.89. The van der Waals surface area contributed by atoms with E-state index >= 15 is 0 Å². The molecule has 2 fully saturated rings. The van der Waals surface area contributed by atoms with Crippen molar-refractivity contribution in [2.24, 2.45) is 5.92 Å². The van der Waals surface area contributed by atoms with E-state index < -0.39 is 10.0 Å². The Morgan fingerprint density at radius 2 is 1.94 bits per heavy atom. The number of carbonyl (C=O) groups excluding carboxylic acids is 1. The molecule has 8 nitrogen and oxygen atoms in total. The van der Waals surface area contributed by atoms with Gasteiger partial charge in [0.2, 0.25) is 15.9 Å². The molecule has 1 aliphatic carbocycles. The van der Waals surface area contributed by atoms with Crippen molar-refractivity contribution in [3.8, 4) is 16.2 Å². The number of nitrogens with one attached hydrogen (secondary N) is 3. The van der Waals surface area contributed by atoms with Crippen molar-refractivity contribution in [2.45, 2.75) is 69.2 Å². The van der Waals surface area contributed by atoms with Gasteiger partial charge in [-0.2, -0.15) is 0 Å².